The van der Waals surface area contributed by atoms with Gasteiger partial charge in [-0.25, -0.2) is 4.98 Å². The molecule has 2 N–H and O–H groups in total. The molecular weight excluding hydrogens is 388 g/mol. The lowest BCUT2D eigenvalue weighted by Gasteiger charge is -2.13. The fourth-order valence-electron chi connectivity index (χ4n) is 3.29. The number of hydrogen-bond donors (Lipinski definition) is 2. The topological polar surface area (TPSA) is 97.1 Å². The van der Waals surface area contributed by atoms with Crippen molar-refractivity contribution < 1.29 is 14.0 Å². The second-order valence-corrected chi connectivity index (χ2v) is 8.20. The summed E-state index contributed by atoms with van der Waals surface area (Å²) in [4.78, 5) is 34.1. The molecule has 0 spiro atoms. The average molecular weight is 410 g/mol. The van der Waals surface area contributed by atoms with Gasteiger partial charge in [-0.3, -0.25) is 9.59 Å². The van der Waals surface area contributed by atoms with Gasteiger partial charge in [-0.2, -0.15) is 4.98 Å². The SMILES string of the molecule is Cc1oc2nc(SC3CCCCNC3=O)nc(NC(=O)c3ccccc3)c2c1C. The molecule has 0 aliphatic carbocycles. The minimum atomic E-state index is -0.259. The molecule has 4 rings (SSSR count). The van der Waals surface area contributed by atoms with Gasteiger partial charge in [0.05, 0.1) is 10.6 Å². The first-order valence-corrected chi connectivity index (χ1v) is 10.5. The Bertz CT molecular complexity index is 1060. The molecule has 1 saturated heterocycles. The minimum Gasteiger partial charge on any atom is -0.443 e. The lowest BCUT2D eigenvalue weighted by molar-refractivity contribution is -0.120. The van der Waals surface area contributed by atoms with Crippen molar-refractivity contribution in [1.29, 1.82) is 0 Å². The number of thioether (sulfide) groups is 1. The zero-order chi connectivity index (χ0) is 20.4. The van der Waals surface area contributed by atoms with Gasteiger partial charge in [0.2, 0.25) is 11.6 Å². The molecule has 29 heavy (non-hydrogen) atoms. The van der Waals surface area contributed by atoms with Crippen LogP contribution in [0.4, 0.5) is 5.82 Å². The van der Waals surface area contributed by atoms with Crippen molar-refractivity contribution in [3.05, 3.63) is 47.2 Å². The molecule has 3 aromatic rings. The van der Waals surface area contributed by atoms with Gasteiger partial charge in [0.15, 0.2) is 5.16 Å². The molecule has 1 aliphatic rings. The summed E-state index contributed by atoms with van der Waals surface area (Å²) in [6.45, 7) is 4.46. The Morgan fingerprint density at radius 2 is 2.00 bits per heavy atom. The Labute approximate surface area is 172 Å². The third kappa shape index (κ3) is 4.12. The van der Waals surface area contributed by atoms with Gasteiger partial charge >= 0.3 is 0 Å². The molecule has 1 aromatic carbocycles. The van der Waals surface area contributed by atoms with Crippen LogP contribution in [0.3, 0.4) is 0 Å². The standard InChI is InChI=1S/C21H22N4O3S/c1-12-13(2)28-20-16(12)17(23-18(26)14-8-4-3-5-9-14)24-21(25-20)29-15-10-6-7-11-22-19(15)27/h3-5,8-9,15H,6-7,10-11H2,1-2H3,(H,22,27)(H,23,24,25,26). The smallest absolute Gasteiger partial charge is 0.256 e. The van der Waals surface area contributed by atoms with Gasteiger partial charge in [-0.05, 0) is 38.8 Å². The lowest BCUT2D eigenvalue weighted by atomic mass is 10.2. The number of aryl methyl sites for hydroxylation is 2. The van der Waals surface area contributed by atoms with E-state index in [2.05, 4.69) is 20.6 Å². The van der Waals surface area contributed by atoms with Crippen molar-refractivity contribution in [2.24, 2.45) is 0 Å². The van der Waals surface area contributed by atoms with Gasteiger partial charge in [0.1, 0.15) is 11.6 Å². The summed E-state index contributed by atoms with van der Waals surface area (Å²) in [7, 11) is 0. The Kier molecular flexibility index (Phi) is 5.53. The van der Waals surface area contributed by atoms with E-state index in [4.69, 9.17) is 4.42 Å². The van der Waals surface area contributed by atoms with Crippen LogP contribution in [0.15, 0.2) is 39.9 Å². The summed E-state index contributed by atoms with van der Waals surface area (Å²) in [5, 5.41) is 6.65. The molecule has 1 unspecified atom stereocenters. The van der Waals surface area contributed by atoms with E-state index in [1.807, 2.05) is 32.0 Å². The third-order valence-electron chi connectivity index (χ3n) is 5.01. The normalized spacial score (nSPS) is 17.0. The Morgan fingerprint density at radius 1 is 1.21 bits per heavy atom. The summed E-state index contributed by atoms with van der Waals surface area (Å²) >= 11 is 1.31. The molecule has 150 valence electrons. The lowest BCUT2D eigenvalue weighted by Crippen LogP contribution is -2.30. The van der Waals surface area contributed by atoms with Crippen LogP contribution in [0.2, 0.25) is 0 Å². The van der Waals surface area contributed by atoms with Crippen molar-refractivity contribution in [3.8, 4) is 0 Å². The fraction of sp³-hybridized carbons (Fsp3) is 0.333. The Hall–Kier alpha value is -2.87. The Morgan fingerprint density at radius 3 is 2.79 bits per heavy atom. The number of anilines is 1. The van der Waals surface area contributed by atoms with Crippen LogP contribution < -0.4 is 10.6 Å². The quantitative estimate of drug-likeness (QED) is 0.634. The highest BCUT2D eigenvalue weighted by atomic mass is 32.2. The first-order chi connectivity index (χ1) is 14.0. The number of nitrogens with zero attached hydrogens (tertiary/aromatic N) is 2. The maximum absolute atomic E-state index is 12.7. The zero-order valence-corrected chi connectivity index (χ0v) is 17.1. The second kappa shape index (κ2) is 8.24. The molecule has 1 fully saturated rings. The molecule has 3 heterocycles. The van der Waals surface area contributed by atoms with E-state index in [-0.39, 0.29) is 17.1 Å². The number of fused-ring (bicyclic) bond motifs is 1. The number of carbonyl (C=O) groups is 2. The highest BCUT2D eigenvalue weighted by Gasteiger charge is 2.25. The van der Waals surface area contributed by atoms with Crippen LogP contribution in [-0.4, -0.2) is 33.6 Å². The molecule has 0 saturated carbocycles. The van der Waals surface area contributed by atoms with Crippen LogP contribution >= 0.6 is 11.8 Å². The van der Waals surface area contributed by atoms with Crippen LogP contribution in [0.5, 0.6) is 0 Å². The second-order valence-electron chi connectivity index (χ2n) is 7.03. The maximum atomic E-state index is 12.7. The number of aromatic nitrogens is 2. The molecule has 0 radical (unpaired) electrons. The minimum absolute atomic E-state index is 0.00197. The van der Waals surface area contributed by atoms with E-state index in [1.165, 1.54) is 11.8 Å². The largest absolute Gasteiger partial charge is 0.443 e. The van der Waals surface area contributed by atoms with Gasteiger partial charge in [-0.1, -0.05) is 36.4 Å². The number of amides is 2. The predicted molar refractivity (Wildman–Crippen MR) is 112 cm³/mol. The van der Waals surface area contributed by atoms with E-state index in [1.54, 1.807) is 12.1 Å². The van der Waals surface area contributed by atoms with Crippen LogP contribution in [0.1, 0.15) is 40.9 Å². The highest BCUT2D eigenvalue weighted by molar-refractivity contribution is 8.00. The van der Waals surface area contributed by atoms with Crippen molar-refractivity contribution >= 4 is 40.5 Å². The van der Waals surface area contributed by atoms with Crippen molar-refractivity contribution in [1.82, 2.24) is 15.3 Å². The van der Waals surface area contributed by atoms with Gasteiger partial charge in [0, 0.05) is 17.7 Å². The van der Waals surface area contributed by atoms with E-state index in [0.717, 1.165) is 30.6 Å². The van der Waals surface area contributed by atoms with E-state index < -0.39 is 0 Å². The molecule has 0 bridgehead atoms. The van der Waals surface area contributed by atoms with E-state index >= 15 is 0 Å². The maximum Gasteiger partial charge on any atom is 0.256 e. The number of nitrogens with one attached hydrogen (secondary N) is 2. The molecular formula is C21H22N4O3S. The van der Waals surface area contributed by atoms with Crippen molar-refractivity contribution in [2.45, 2.75) is 43.5 Å². The van der Waals surface area contributed by atoms with E-state index in [0.29, 0.717) is 34.2 Å². The first kappa shape index (κ1) is 19.4. The molecule has 2 amide bonds. The first-order valence-electron chi connectivity index (χ1n) is 9.61. The van der Waals surface area contributed by atoms with Gasteiger partial charge in [-0.15, -0.1) is 0 Å². The highest BCUT2D eigenvalue weighted by Crippen LogP contribution is 2.33. The summed E-state index contributed by atoms with van der Waals surface area (Å²) in [5.41, 5.74) is 1.83. The fourth-order valence-corrected chi connectivity index (χ4v) is 4.30. The molecule has 1 atom stereocenters. The zero-order valence-electron chi connectivity index (χ0n) is 16.3. The number of carbonyl (C=O) groups excluding carboxylic acids is 2. The Balaban J connectivity index is 1.69. The third-order valence-corrected chi connectivity index (χ3v) is 6.14. The molecule has 7 nitrogen and oxygen atoms in total. The van der Waals surface area contributed by atoms with Crippen LogP contribution in [0, 0.1) is 13.8 Å². The summed E-state index contributed by atoms with van der Waals surface area (Å²) in [5.74, 6) is 0.860. The van der Waals surface area contributed by atoms with Crippen LogP contribution in [-0.2, 0) is 4.79 Å². The average Bonchev–Trinajstić information content (AvgIpc) is 2.86. The summed E-state index contributed by atoms with van der Waals surface area (Å²) < 4.78 is 5.79. The predicted octanol–water partition coefficient (Wildman–Crippen LogP) is 3.85. The number of hydrogen-bond acceptors (Lipinski definition) is 6. The molecule has 1 aliphatic heterocycles. The number of benzene rings is 1. The molecule has 2 aromatic heterocycles. The number of rotatable bonds is 4. The molecule has 8 heteroatoms. The summed E-state index contributed by atoms with van der Waals surface area (Å²) in [6, 6.07) is 8.96. The van der Waals surface area contributed by atoms with Gasteiger partial charge in [0.25, 0.3) is 5.91 Å². The van der Waals surface area contributed by atoms with E-state index in [9.17, 15) is 9.59 Å². The monoisotopic (exact) mass is 410 g/mol. The van der Waals surface area contributed by atoms with Crippen LogP contribution in [0.25, 0.3) is 11.1 Å². The van der Waals surface area contributed by atoms with Crippen molar-refractivity contribution in [2.75, 3.05) is 11.9 Å². The van der Waals surface area contributed by atoms with Crippen molar-refractivity contribution in [3.63, 3.8) is 0 Å². The van der Waals surface area contributed by atoms with Gasteiger partial charge < -0.3 is 15.1 Å². The number of furan rings is 1. The summed E-state index contributed by atoms with van der Waals surface area (Å²) in [6.07, 6.45) is 2.70.